The molecule has 2 aliphatic heterocycles. The minimum absolute atomic E-state index is 0.0685. The molecule has 2 N–H and O–H groups in total. The molecule has 2 aliphatic carbocycles. The molecule has 3 aromatic rings. The van der Waals surface area contributed by atoms with E-state index in [0.717, 1.165) is 59.2 Å². The maximum absolute atomic E-state index is 12.4. The number of nitrogens with one attached hydrogen (secondary N) is 2. The van der Waals surface area contributed by atoms with Gasteiger partial charge in [-0.1, -0.05) is 12.1 Å². The van der Waals surface area contributed by atoms with Gasteiger partial charge in [-0.15, -0.1) is 0 Å². The van der Waals surface area contributed by atoms with E-state index < -0.39 is 0 Å². The lowest BCUT2D eigenvalue weighted by Crippen LogP contribution is -2.26. The van der Waals surface area contributed by atoms with Crippen molar-refractivity contribution >= 4 is 28.5 Å². The number of benzene rings is 1. The zero-order chi connectivity index (χ0) is 22.3. The third kappa shape index (κ3) is 2.89. The van der Waals surface area contributed by atoms with Gasteiger partial charge in [-0.25, -0.2) is 9.97 Å². The van der Waals surface area contributed by atoms with E-state index in [1.807, 2.05) is 31.5 Å². The Kier molecular flexibility index (Phi) is 3.79. The van der Waals surface area contributed by atoms with E-state index in [-0.39, 0.29) is 29.3 Å². The Balaban J connectivity index is 1.30. The van der Waals surface area contributed by atoms with E-state index in [1.165, 1.54) is 0 Å². The number of fused-ring (bicyclic) bond motifs is 3. The molecule has 4 aliphatic rings. The van der Waals surface area contributed by atoms with Crippen LogP contribution >= 0.6 is 0 Å². The number of anilines is 1. The number of pyridine rings is 1. The molecule has 2 aromatic heterocycles. The molecule has 3 fully saturated rings. The van der Waals surface area contributed by atoms with Crippen LogP contribution in [-0.4, -0.2) is 39.0 Å². The molecule has 33 heavy (non-hydrogen) atoms. The Morgan fingerprint density at radius 2 is 2.06 bits per heavy atom. The smallest absolute Gasteiger partial charge is 0.241 e. The minimum atomic E-state index is -0.301. The molecule has 0 bridgehead atoms. The predicted octanol–water partition coefficient (Wildman–Crippen LogP) is 3.32. The maximum atomic E-state index is 12.4. The first-order valence-corrected chi connectivity index (χ1v) is 11.8. The number of aromatic nitrogens is 3. The summed E-state index contributed by atoms with van der Waals surface area (Å²) in [6.45, 7) is 2.62. The van der Waals surface area contributed by atoms with E-state index in [2.05, 4.69) is 26.3 Å². The van der Waals surface area contributed by atoms with Crippen LogP contribution in [0.4, 0.5) is 5.69 Å². The summed E-state index contributed by atoms with van der Waals surface area (Å²) >= 11 is 0. The van der Waals surface area contributed by atoms with Gasteiger partial charge in [-0.3, -0.25) is 9.59 Å². The number of amides is 2. The molecular weight excluding hydrogens is 418 g/mol. The molecule has 0 unspecified atom stereocenters. The van der Waals surface area contributed by atoms with Crippen molar-refractivity contribution in [3.05, 3.63) is 36.2 Å². The highest BCUT2D eigenvalue weighted by Crippen LogP contribution is 2.55. The molecule has 2 atom stereocenters. The fourth-order valence-corrected chi connectivity index (χ4v) is 5.33. The Bertz CT molecular complexity index is 1340. The van der Waals surface area contributed by atoms with E-state index in [1.54, 1.807) is 0 Å². The van der Waals surface area contributed by atoms with Crippen LogP contribution in [0, 0.1) is 5.92 Å². The summed E-state index contributed by atoms with van der Waals surface area (Å²) in [6, 6.07) is 8.55. The lowest BCUT2D eigenvalue weighted by molar-refractivity contribution is -0.119. The van der Waals surface area contributed by atoms with Gasteiger partial charge in [0.2, 0.25) is 17.7 Å². The fourth-order valence-electron chi connectivity index (χ4n) is 5.33. The molecule has 2 amide bonds. The van der Waals surface area contributed by atoms with Crippen molar-refractivity contribution in [2.75, 3.05) is 11.9 Å². The van der Waals surface area contributed by atoms with Crippen LogP contribution in [0.15, 0.2) is 30.6 Å². The van der Waals surface area contributed by atoms with E-state index in [0.29, 0.717) is 24.9 Å². The quantitative estimate of drug-likeness (QED) is 0.630. The minimum Gasteiger partial charge on any atom is -0.473 e. The lowest BCUT2D eigenvalue weighted by Gasteiger charge is -2.20. The van der Waals surface area contributed by atoms with Gasteiger partial charge in [0, 0.05) is 36.2 Å². The van der Waals surface area contributed by atoms with Gasteiger partial charge < -0.3 is 19.9 Å². The standard InChI is InChI=1S/C25H25N5O3/c1-13(15-9-21(31)26-11-15)33-23-22-20(27-12-30(22)16-3-4-16)10-18(28-23)14-2-5-17-19(8-14)29-24(32)25(17)6-7-25/h2,5,8,10,12-13,15-16H,3-4,6-7,9,11H2,1H3,(H,26,31)(H,29,32)/t13-,15-/m1/s1. The van der Waals surface area contributed by atoms with Gasteiger partial charge >= 0.3 is 0 Å². The molecule has 1 aromatic carbocycles. The highest BCUT2D eigenvalue weighted by molar-refractivity contribution is 6.08. The summed E-state index contributed by atoms with van der Waals surface area (Å²) in [5.41, 5.74) is 5.12. The van der Waals surface area contributed by atoms with E-state index in [4.69, 9.17) is 9.72 Å². The Labute approximate surface area is 190 Å². The van der Waals surface area contributed by atoms with Crippen LogP contribution < -0.4 is 15.4 Å². The highest BCUT2D eigenvalue weighted by Gasteiger charge is 2.56. The normalized spacial score (nSPS) is 23.5. The number of nitrogens with zero attached hydrogens (tertiary/aromatic N) is 3. The van der Waals surface area contributed by atoms with Gasteiger partial charge in [0.1, 0.15) is 11.6 Å². The fraction of sp³-hybridized carbons (Fsp3) is 0.440. The third-order valence-corrected chi connectivity index (χ3v) is 7.69. The average molecular weight is 444 g/mol. The first-order valence-electron chi connectivity index (χ1n) is 11.8. The number of hydrogen-bond donors (Lipinski definition) is 2. The molecule has 4 heterocycles. The number of carbonyl (C=O) groups excluding carboxylic acids is 2. The van der Waals surface area contributed by atoms with Crippen molar-refractivity contribution in [1.29, 1.82) is 0 Å². The average Bonchev–Trinajstić information content (AvgIpc) is 3.70. The maximum Gasteiger partial charge on any atom is 0.241 e. The SMILES string of the molecule is C[C@@H](Oc1nc(-c2ccc3c(c2)NC(=O)C32CC2)cc2ncn(C3CC3)c12)[C@H]1CNC(=O)C1. The summed E-state index contributed by atoms with van der Waals surface area (Å²) < 4.78 is 8.59. The summed E-state index contributed by atoms with van der Waals surface area (Å²) in [5, 5.41) is 5.95. The molecular formula is C25H25N5O3. The van der Waals surface area contributed by atoms with Crippen molar-refractivity contribution in [1.82, 2.24) is 19.9 Å². The Morgan fingerprint density at radius 3 is 2.79 bits per heavy atom. The summed E-state index contributed by atoms with van der Waals surface area (Å²) in [7, 11) is 0. The number of hydrogen-bond acceptors (Lipinski definition) is 5. The Hall–Kier alpha value is -3.42. The van der Waals surface area contributed by atoms with Gasteiger partial charge in [-0.05, 0) is 50.3 Å². The molecule has 8 nitrogen and oxygen atoms in total. The van der Waals surface area contributed by atoms with E-state index in [9.17, 15) is 9.59 Å². The molecule has 0 radical (unpaired) electrons. The van der Waals surface area contributed by atoms with Crippen LogP contribution in [0.25, 0.3) is 22.3 Å². The molecule has 8 heteroatoms. The molecule has 1 saturated heterocycles. The first-order chi connectivity index (χ1) is 16.0. The number of rotatable bonds is 5. The summed E-state index contributed by atoms with van der Waals surface area (Å²) in [4.78, 5) is 33.8. The second-order valence-electron chi connectivity index (χ2n) is 9.95. The van der Waals surface area contributed by atoms with Gasteiger partial charge in [-0.2, -0.15) is 0 Å². The second-order valence-corrected chi connectivity index (χ2v) is 9.95. The van der Waals surface area contributed by atoms with Crippen molar-refractivity contribution in [2.24, 2.45) is 5.92 Å². The zero-order valence-electron chi connectivity index (χ0n) is 18.4. The van der Waals surface area contributed by atoms with Crippen LogP contribution in [-0.2, 0) is 15.0 Å². The van der Waals surface area contributed by atoms with Crippen molar-refractivity contribution in [2.45, 2.75) is 56.6 Å². The lowest BCUT2D eigenvalue weighted by atomic mass is 9.96. The summed E-state index contributed by atoms with van der Waals surface area (Å²) in [5.74, 6) is 0.847. The number of ether oxygens (including phenoxy) is 1. The van der Waals surface area contributed by atoms with Crippen molar-refractivity contribution < 1.29 is 14.3 Å². The predicted molar refractivity (Wildman–Crippen MR) is 122 cm³/mol. The largest absolute Gasteiger partial charge is 0.473 e. The van der Waals surface area contributed by atoms with Gasteiger partial charge in [0.05, 0.1) is 23.0 Å². The molecule has 168 valence electrons. The van der Waals surface area contributed by atoms with Gasteiger partial charge in [0.25, 0.3) is 0 Å². The highest BCUT2D eigenvalue weighted by atomic mass is 16.5. The molecule has 1 spiro atoms. The van der Waals surface area contributed by atoms with E-state index >= 15 is 0 Å². The first kappa shape index (κ1) is 19.1. The van der Waals surface area contributed by atoms with Gasteiger partial charge in [0.15, 0.2) is 0 Å². The second kappa shape index (κ2) is 6.56. The topological polar surface area (TPSA) is 98.1 Å². The van der Waals surface area contributed by atoms with Crippen LogP contribution in [0.2, 0.25) is 0 Å². The zero-order valence-corrected chi connectivity index (χ0v) is 18.4. The number of carbonyl (C=O) groups is 2. The van der Waals surface area contributed by atoms with Crippen LogP contribution in [0.3, 0.4) is 0 Å². The monoisotopic (exact) mass is 443 g/mol. The van der Waals surface area contributed by atoms with Crippen LogP contribution in [0.1, 0.15) is 50.6 Å². The third-order valence-electron chi connectivity index (χ3n) is 7.69. The van der Waals surface area contributed by atoms with Crippen molar-refractivity contribution in [3.8, 4) is 17.1 Å². The van der Waals surface area contributed by atoms with Crippen molar-refractivity contribution in [3.63, 3.8) is 0 Å². The number of imidazole rings is 1. The molecule has 7 rings (SSSR count). The van der Waals surface area contributed by atoms with Crippen LogP contribution in [0.5, 0.6) is 5.88 Å². The summed E-state index contributed by atoms with van der Waals surface area (Å²) in [6.07, 6.45) is 6.30. The Morgan fingerprint density at radius 1 is 1.21 bits per heavy atom. The molecule has 2 saturated carbocycles.